The van der Waals surface area contributed by atoms with Gasteiger partial charge in [-0.15, -0.1) is 0 Å². The Morgan fingerprint density at radius 2 is 1.86 bits per heavy atom. The number of benzene rings is 2. The number of nitrogens with zero attached hydrogens (tertiary/aromatic N) is 1. The van der Waals surface area contributed by atoms with E-state index in [1.807, 2.05) is 17.9 Å². The van der Waals surface area contributed by atoms with Crippen molar-refractivity contribution < 1.29 is 19.8 Å². The maximum absolute atomic E-state index is 13.2. The molecule has 5 rings (SSSR count). The molecule has 1 heterocycles. The monoisotopic (exact) mass is 477 g/mol. The highest BCUT2D eigenvalue weighted by Gasteiger charge is 2.71. The highest BCUT2D eigenvalue weighted by atomic mass is 16.3. The molecule has 2 aromatic rings. The molecule has 2 aromatic carbocycles. The van der Waals surface area contributed by atoms with Gasteiger partial charge in [-0.25, -0.2) is 0 Å². The zero-order valence-corrected chi connectivity index (χ0v) is 20.2. The van der Waals surface area contributed by atoms with Gasteiger partial charge in [0.1, 0.15) is 0 Å². The topological polar surface area (TPSA) is 116 Å². The minimum atomic E-state index is -0.840. The van der Waals surface area contributed by atoms with Gasteiger partial charge in [-0.2, -0.15) is 0 Å². The predicted octanol–water partition coefficient (Wildman–Crippen LogP) is 2.87. The van der Waals surface area contributed by atoms with Crippen LogP contribution in [0.5, 0.6) is 0 Å². The van der Waals surface area contributed by atoms with E-state index in [-0.39, 0.29) is 29.1 Å². The predicted molar refractivity (Wildman–Crippen MR) is 134 cm³/mol. The Morgan fingerprint density at radius 1 is 1.11 bits per heavy atom. The molecule has 5 atom stereocenters. The van der Waals surface area contributed by atoms with Crippen LogP contribution < -0.4 is 11.1 Å². The first kappa shape index (κ1) is 24.0. The maximum Gasteiger partial charge on any atom is 0.253 e. The van der Waals surface area contributed by atoms with E-state index in [4.69, 9.17) is 5.73 Å². The summed E-state index contributed by atoms with van der Waals surface area (Å²) in [4.78, 5) is 28.0. The molecule has 3 aliphatic rings. The number of carbonyl (C=O) groups is 2. The lowest BCUT2D eigenvalue weighted by Gasteiger charge is -2.68. The third-order valence-corrected chi connectivity index (χ3v) is 8.79. The van der Waals surface area contributed by atoms with E-state index >= 15 is 0 Å². The average Bonchev–Trinajstić information content (AvgIpc) is 2.88. The summed E-state index contributed by atoms with van der Waals surface area (Å²) in [5.41, 5.74) is 9.02. The maximum atomic E-state index is 13.2. The third-order valence-electron chi connectivity index (χ3n) is 8.79. The van der Waals surface area contributed by atoms with Gasteiger partial charge in [-0.3, -0.25) is 9.59 Å². The number of hydrogen-bond acceptors (Lipinski definition) is 5. The average molecular weight is 478 g/mol. The molecule has 0 radical (unpaired) electrons. The lowest BCUT2D eigenvalue weighted by molar-refractivity contribution is -0.292. The number of hydrogen-bond donors (Lipinski definition) is 4. The molecule has 5 unspecified atom stereocenters. The van der Waals surface area contributed by atoms with Crippen LogP contribution in [0.4, 0.5) is 5.69 Å². The summed E-state index contributed by atoms with van der Waals surface area (Å²) in [6.45, 7) is 3.90. The standard InChI is InChI=1S/C28H35N3O4/c1-2-28-15-22(23(28)24(32)25(28)33)26(34)30-21-8-4-7-20(14-21)27(35)31-11-9-18(10-12-31)19-6-3-5-17(13-19)16-29/h3-8,13-14,18,22-25,32-33H,2,9-12,15-16,29H2,1H3,(H,30,34). The minimum Gasteiger partial charge on any atom is -0.390 e. The Balaban J connectivity index is 1.19. The van der Waals surface area contributed by atoms with Gasteiger partial charge in [0.2, 0.25) is 5.91 Å². The van der Waals surface area contributed by atoms with Crippen molar-refractivity contribution in [3.05, 3.63) is 65.2 Å². The third kappa shape index (κ3) is 4.05. The molecule has 2 amide bonds. The first-order chi connectivity index (χ1) is 16.9. The Kier molecular flexibility index (Phi) is 6.42. The van der Waals surface area contributed by atoms with Gasteiger partial charge in [0.05, 0.1) is 12.2 Å². The number of rotatable bonds is 6. The van der Waals surface area contributed by atoms with Crippen molar-refractivity contribution in [1.29, 1.82) is 0 Å². The second kappa shape index (κ2) is 9.37. The lowest BCUT2D eigenvalue weighted by Crippen LogP contribution is -2.75. The van der Waals surface area contributed by atoms with Crippen LogP contribution in [0.1, 0.15) is 60.0 Å². The fourth-order valence-corrected chi connectivity index (χ4v) is 6.61. The van der Waals surface area contributed by atoms with E-state index in [0.717, 1.165) is 24.8 Å². The van der Waals surface area contributed by atoms with Crippen molar-refractivity contribution in [3.8, 4) is 0 Å². The summed E-state index contributed by atoms with van der Waals surface area (Å²) in [5.74, 6) is -0.269. The molecule has 1 saturated heterocycles. The highest BCUT2D eigenvalue weighted by Crippen LogP contribution is 2.66. The number of piperidine rings is 1. The number of aliphatic hydroxyl groups excluding tert-OH is 2. The largest absolute Gasteiger partial charge is 0.390 e. The molecule has 7 heteroatoms. The van der Waals surface area contributed by atoms with Crippen LogP contribution >= 0.6 is 0 Å². The first-order valence-electron chi connectivity index (χ1n) is 12.7. The Bertz CT molecular complexity index is 1110. The summed E-state index contributed by atoms with van der Waals surface area (Å²) in [7, 11) is 0. The van der Waals surface area contributed by atoms with Crippen LogP contribution in [0.3, 0.4) is 0 Å². The van der Waals surface area contributed by atoms with E-state index < -0.39 is 12.2 Å². The van der Waals surface area contributed by atoms with Gasteiger partial charge < -0.3 is 26.2 Å². The molecule has 0 spiro atoms. The number of aliphatic hydroxyl groups is 2. The van der Waals surface area contributed by atoms with E-state index in [0.29, 0.717) is 43.2 Å². The van der Waals surface area contributed by atoms with E-state index in [9.17, 15) is 19.8 Å². The van der Waals surface area contributed by atoms with Gasteiger partial charge in [0.15, 0.2) is 0 Å². The van der Waals surface area contributed by atoms with Crippen LogP contribution in [-0.4, -0.2) is 52.2 Å². The van der Waals surface area contributed by atoms with Gasteiger partial charge in [0.25, 0.3) is 5.91 Å². The molecule has 7 nitrogen and oxygen atoms in total. The smallest absolute Gasteiger partial charge is 0.253 e. The minimum absolute atomic E-state index is 0.0264. The summed E-state index contributed by atoms with van der Waals surface area (Å²) in [6, 6.07) is 15.5. The highest BCUT2D eigenvalue weighted by molar-refractivity contribution is 5.98. The summed E-state index contributed by atoms with van der Waals surface area (Å²) < 4.78 is 0. The molecule has 2 aliphatic carbocycles. The van der Waals surface area contributed by atoms with Crippen LogP contribution in [0.25, 0.3) is 0 Å². The van der Waals surface area contributed by atoms with Crippen molar-refractivity contribution in [1.82, 2.24) is 4.90 Å². The molecule has 3 fully saturated rings. The summed E-state index contributed by atoms with van der Waals surface area (Å²) in [5, 5.41) is 23.3. The van der Waals surface area contributed by atoms with Gasteiger partial charge >= 0.3 is 0 Å². The number of likely N-dealkylation sites (tertiary alicyclic amines) is 1. The normalized spacial score (nSPS) is 30.1. The number of amides is 2. The van der Waals surface area contributed by atoms with Crippen molar-refractivity contribution in [2.24, 2.45) is 23.0 Å². The van der Waals surface area contributed by atoms with E-state index in [1.165, 1.54) is 5.56 Å². The number of anilines is 1. The van der Waals surface area contributed by atoms with Crippen LogP contribution in [0.15, 0.2) is 48.5 Å². The Morgan fingerprint density at radius 3 is 2.57 bits per heavy atom. The first-order valence-corrected chi connectivity index (χ1v) is 12.7. The molecular formula is C28H35N3O4. The van der Waals surface area contributed by atoms with E-state index in [2.05, 4.69) is 23.5 Å². The van der Waals surface area contributed by atoms with Crippen LogP contribution in [0.2, 0.25) is 0 Å². The number of nitrogens with one attached hydrogen (secondary N) is 1. The second-order valence-electron chi connectivity index (χ2n) is 10.4. The number of fused-ring (bicyclic) bond motifs is 1. The fourth-order valence-electron chi connectivity index (χ4n) is 6.61. The molecule has 186 valence electrons. The number of nitrogens with two attached hydrogens (primary N) is 1. The lowest BCUT2D eigenvalue weighted by atomic mass is 9.39. The van der Waals surface area contributed by atoms with Crippen LogP contribution in [0, 0.1) is 17.3 Å². The summed E-state index contributed by atoms with van der Waals surface area (Å²) in [6.07, 6.45) is 1.57. The Labute approximate surface area is 206 Å². The molecule has 2 saturated carbocycles. The zero-order valence-electron chi connectivity index (χ0n) is 20.2. The molecule has 0 aromatic heterocycles. The van der Waals surface area contributed by atoms with Crippen molar-refractivity contribution in [2.45, 2.75) is 57.3 Å². The quantitative estimate of drug-likeness (QED) is 0.511. The SMILES string of the molecule is CCC12CC(C(=O)Nc3cccc(C(=O)N4CCC(c5cccc(CN)c5)CC4)c3)C1C(O)C2O. The molecule has 1 aliphatic heterocycles. The zero-order chi connectivity index (χ0) is 24.7. The number of carbonyl (C=O) groups excluding carboxylic acids is 2. The second-order valence-corrected chi connectivity index (χ2v) is 10.4. The van der Waals surface area contributed by atoms with Gasteiger partial charge in [0, 0.05) is 48.1 Å². The summed E-state index contributed by atoms with van der Waals surface area (Å²) >= 11 is 0. The van der Waals surface area contributed by atoms with Crippen molar-refractivity contribution in [3.63, 3.8) is 0 Å². The van der Waals surface area contributed by atoms with Crippen molar-refractivity contribution in [2.75, 3.05) is 18.4 Å². The fraction of sp³-hybridized carbons (Fsp3) is 0.500. The molecular weight excluding hydrogens is 442 g/mol. The van der Waals surface area contributed by atoms with Gasteiger partial charge in [-0.1, -0.05) is 37.3 Å². The van der Waals surface area contributed by atoms with E-state index in [1.54, 1.807) is 24.3 Å². The Hall–Kier alpha value is -2.74. The van der Waals surface area contributed by atoms with Crippen molar-refractivity contribution >= 4 is 17.5 Å². The van der Waals surface area contributed by atoms with Gasteiger partial charge in [-0.05, 0) is 60.9 Å². The molecule has 35 heavy (non-hydrogen) atoms. The molecule has 5 N–H and O–H groups in total. The molecule has 0 bridgehead atoms. The van der Waals surface area contributed by atoms with Crippen LogP contribution in [-0.2, 0) is 11.3 Å².